The highest BCUT2D eigenvalue weighted by molar-refractivity contribution is 5.84. The van der Waals surface area contributed by atoms with Gasteiger partial charge in [-0.2, -0.15) is 0 Å². The summed E-state index contributed by atoms with van der Waals surface area (Å²) in [5, 5.41) is 31.5. The van der Waals surface area contributed by atoms with Crippen LogP contribution in [0.3, 0.4) is 0 Å². The maximum atomic E-state index is 10.8. The standard InChI is InChI=1S/C27H25NO4/c1-17-13-14-21(29)16-25(17)32-22-10-6-9-20(15-22)28(23-11-4-7-18(2)26(23)30)24-12-5-8-19(3)27(24)31/h4-16,29-31H,1-3H3. The van der Waals surface area contributed by atoms with E-state index < -0.39 is 0 Å². The van der Waals surface area contributed by atoms with Gasteiger partial charge in [0.25, 0.3) is 0 Å². The second kappa shape index (κ2) is 8.55. The van der Waals surface area contributed by atoms with Crippen molar-refractivity contribution in [3.05, 3.63) is 95.6 Å². The summed E-state index contributed by atoms with van der Waals surface area (Å²) in [6.07, 6.45) is 0. The average Bonchev–Trinajstić information content (AvgIpc) is 2.77. The van der Waals surface area contributed by atoms with Crippen molar-refractivity contribution in [2.75, 3.05) is 4.90 Å². The number of para-hydroxylation sites is 2. The lowest BCUT2D eigenvalue weighted by Gasteiger charge is -2.28. The van der Waals surface area contributed by atoms with Crippen molar-refractivity contribution in [3.8, 4) is 28.7 Å². The van der Waals surface area contributed by atoms with Gasteiger partial charge < -0.3 is 25.0 Å². The summed E-state index contributed by atoms with van der Waals surface area (Å²) in [5.41, 5.74) is 4.11. The molecule has 0 unspecified atom stereocenters. The monoisotopic (exact) mass is 427 g/mol. The van der Waals surface area contributed by atoms with E-state index in [1.807, 2.05) is 69.3 Å². The summed E-state index contributed by atoms with van der Waals surface area (Å²) in [7, 11) is 0. The molecule has 5 heteroatoms. The highest BCUT2D eigenvalue weighted by Crippen LogP contribution is 2.46. The molecule has 0 aliphatic heterocycles. The molecule has 4 rings (SSSR count). The second-order valence-corrected chi connectivity index (χ2v) is 7.77. The molecule has 162 valence electrons. The van der Waals surface area contributed by atoms with Crippen molar-refractivity contribution in [2.45, 2.75) is 20.8 Å². The molecule has 0 saturated carbocycles. The van der Waals surface area contributed by atoms with Crippen LogP contribution in [0.15, 0.2) is 78.9 Å². The van der Waals surface area contributed by atoms with E-state index >= 15 is 0 Å². The Morgan fingerprint density at radius 2 is 1.22 bits per heavy atom. The first-order chi connectivity index (χ1) is 15.3. The largest absolute Gasteiger partial charge is 0.508 e. The molecule has 0 atom stereocenters. The van der Waals surface area contributed by atoms with Gasteiger partial charge in [0.2, 0.25) is 0 Å². The number of anilines is 3. The van der Waals surface area contributed by atoms with E-state index in [1.165, 1.54) is 0 Å². The molecular weight excluding hydrogens is 402 g/mol. The van der Waals surface area contributed by atoms with Crippen LogP contribution in [0.25, 0.3) is 0 Å². The van der Waals surface area contributed by atoms with Crippen LogP contribution in [0, 0.1) is 20.8 Å². The van der Waals surface area contributed by atoms with Crippen molar-refractivity contribution in [1.82, 2.24) is 0 Å². The summed E-state index contributed by atoms with van der Waals surface area (Å²) in [4.78, 5) is 1.80. The van der Waals surface area contributed by atoms with E-state index in [-0.39, 0.29) is 17.2 Å². The maximum Gasteiger partial charge on any atom is 0.142 e. The Kier molecular flexibility index (Phi) is 5.65. The topological polar surface area (TPSA) is 73.2 Å². The van der Waals surface area contributed by atoms with E-state index in [4.69, 9.17) is 4.74 Å². The normalized spacial score (nSPS) is 10.7. The van der Waals surface area contributed by atoms with Gasteiger partial charge in [-0.1, -0.05) is 36.4 Å². The first-order valence-corrected chi connectivity index (χ1v) is 10.3. The van der Waals surface area contributed by atoms with E-state index in [0.29, 0.717) is 28.6 Å². The number of rotatable bonds is 5. The summed E-state index contributed by atoms with van der Waals surface area (Å²) >= 11 is 0. The van der Waals surface area contributed by atoms with E-state index in [1.54, 1.807) is 35.2 Å². The molecule has 0 fully saturated rings. The lowest BCUT2D eigenvalue weighted by atomic mass is 10.1. The fourth-order valence-corrected chi connectivity index (χ4v) is 3.57. The fourth-order valence-electron chi connectivity index (χ4n) is 3.57. The van der Waals surface area contributed by atoms with Crippen LogP contribution in [-0.2, 0) is 0 Å². The molecule has 0 bridgehead atoms. The highest BCUT2D eigenvalue weighted by atomic mass is 16.5. The molecule has 32 heavy (non-hydrogen) atoms. The number of phenolic OH excluding ortho intramolecular Hbond substituents is 3. The van der Waals surface area contributed by atoms with Crippen molar-refractivity contribution >= 4 is 17.1 Å². The number of aryl methyl sites for hydroxylation is 3. The lowest BCUT2D eigenvalue weighted by Crippen LogP contribution is -2.11. The van der Waals surface area contributed by atoms with Crippen LogP contribution in [0.4, 0.5) is 17.1 Å². The minimum absolute atomic E-state index is 0.123. The molecule has 4 aromatic rings. The quantitative estimate of drug-likeness (QED) is 0.320. The zero-order valence-corrected chi connectivity index (χ0v) is 18.2. The van der Waals surface area contributed by atoms with Gasteiger partial charge in [-0.25, -0.2) is 0 Å². The molecule has 0 radical (unpaired) electrons. The molecule has 4 aromatic carbocycles. The third kappa shape index (κ3) is 4.05. The van der Waals surface area contributed by atoms with Gasteiger partial charge in [0, 0.05) is 12.1 Å². The predicted octanol–water partition coefficient (Wildman–Crippen LogP) is 6.99. The predicted molar refractivity (Wildman–Crippen MR) is 127 cm³/mol. The molecule has 0 saturated heterocycles. The molecular formula is C27H25NO4. The highest BCUT2D eigenvalue weighted by Gasteiger charge is 2.21. The zero-order chi connectivity index (χ0) is 22.8. The van der Waals surface area contributed by atoms with Crippen LogP contribution >= 0.6 is 0 Å². The first-order valence-electron chi connectivity index (χ1n) is 10.3. The maximum absolute atomic E-state index is 10.8. The minimum atomic E-state index is 0.123. The first kappa shape index (κ1) is 21.1. The Morgan fingerprint density at radius 1 is 0.625 bits per heavy atom. The van der Waals surface area contributed by atoms with Crippen molar-refractivity contribution < 1.29 is 20.1 Å². The van der Waals surface area contributed by atoms with Crippen LogP contribution in [0.1, 0.15) is 16.7 Å². The Morgan fingerprint density at radius 3 is 1.84 bits per heavy atom. The third-order valence-electron chi connectivity index (χ3n) is 5.39. The SMILES string of the molecule is Cc1ccc(O)cc1Oc1cccc(N(c2cccc(C)c2O)c2cccc(C)c2O)c1. The number of hydrogen-bond acceptors (Lipinski definition) is 5. The zero-order valence-electron chi connectivity index (χ0n) is 18.2. The van der Waals surface area contributed by atoms with Crippen LogP contribution in [0.5, 0.6) is 28.7 Å². The number of hydrogen-bond donors (Lipinski definition) is 3. The number of phenols is 3. The molecule has 0 heterocycles. The minimum Gasteiger partial charge on any atom is -0.508 e. The van der Waals surface area contributed by atoms with Crippen molar-refractivity contribution in [1.29, 1.82) is 0 Å². The Balaban J connectivity index is 1.85. The lowest BCUT2D eigenvalue weighted by molar-refractivity contribution is 0.453. The fraction of sp³-hybridized carbons (Fsp3) is 0.111. The number of aromatic hydroxyl groups is 3. The molecule has 0 aromatic heterocycles. The Labute approximate surface area is 187 Å². The van der Waals surface area contributed by atoms with E-state index in [0.717, 1.165) is 16.7 Å². The van der Waals surface area contributed by atoms with Gasteiger partial charge in [0.15, 0.2) is 0 Å². The van der Waals surface area contributed by atoms with Gasteiger partial charge >= 0.3 is 0 Å². The van der Waals surface area contributed by atoms with Crippen molar-refractivity contribution in [3.63, 3.8) is 0 Å². The van der Waals surface area contributed by atoms with Crippen LogP contribution in [-0.4, -0.2) is 15.3 Å². The molecule has 5 nitrogen and oxygen atoms in total. The van der Waals surface area contributed by atoms with Crippen LogP contribution in [0.2, 0.25) is 0 Å². The molecule has 3 N–H and O–H groups in total. The summed E-state index contributed by atoms with van der Waals surface area (Å²) in [6.45, 7) is 5.56. The van der Waals surface area contributed by atoms with Gasteiger partial charge in [0.05, 0.1) is 17.1 Å². The third-order valence-corrected chi connectivity index (χ3v) is 5.39. The Hall–Kier alpha value is -4.12. The molecule has 0 spiro atoms. The van der Waals surface area contributed by atoms with E-state index in [2.05, 4.69) is 0 Å². The van der Waals surface area contributed by atoms with Crippen molar-refractivity contribution in [2.24, 2.45) is 0 Å². The number of nitrogens with zero attached hydrogens (tertiary/aromatic N) is 1. The summed E-state index contributed by atoms with van der Waals surface area (Å²) in [5.74, 6) is 1.48. The van der Waals surface area contributed by atoms with E-state index in [9.17, 15) is 15.3 Å². The summed E-state index contributed by atoms with van der Waals surface area (Å²) < 4.78 is 6.05. The second-order valence-electron chi connectivity index (χ2n) is 7.77. The van der Waals surface area contributed by atoms with Crippen LogP contribution < -0.4 is 9.64 Å². The van der Waals surface area contributed by atoms with Gasteiger partial charge in [0.1, 0.15) is 28.7 Å². The number of ether oxygens (including phenoxy) is 1. The molecule has 0 amide bonds. The Bertz CT molecular complexity index is 1230. The number of benzene rings is 4. The average molecular weight is 428 g/mol. The smallest absolute Gasteiger partial charge is 0.142 e. The molecule has 0 aliphatic rings. The molecule has 0 aliphatic carbocycles. The van der Waals surface area contributed by atoms with Gasteiger partial charge in [-0.15, -0.1) is 0 Å². The van der Waals surface area contributed by atoms with Gasteiger partial charge in [-0.05, 0) is 67.8 Å². The summed E-state index contributed by atoms with van der Waals surface area (Å²) in [6, 6.07) is 23.3. The van der Waals surface area contributed by atoms with Gasteiger partial charge in [-0.3, -0.25) is 0 Å².